The molecule has 0 saturated heterocycles. The maximum Gasteiger partial charge on any atom is 0.210 e. The monoisotopic (exact) mass is 369 g/mol. The van der Waals surface area contributed by atoms with Crippen LogP contribution in [0.25, 0.3) is 11.3 Å². The molecule has 3 rings (SSSR count). The molecule has 26 heavy (non-hydrogen) atoms. The highest BCUT2D eigenvalue weighted by atomic mass is 32.2. The number of carbonyl (C=O) groups excluding carboxylic acids is 1. The fraction of sp³-hybridized carbons (Fsp3) is 0.286. The Labute approximate surface area is 156 Å². The summed E-state index contributed by atoms with van der Waals surface area (Å²) in [5.41, 5.74) is 2.07. The van der Waals surface area contributed by atoms with Gasteiger partial charge in [-0.3, -0.25) is 9.00 Å². The molecule has 136 valence electrons. The van der Waals surface area contributed by atoms with Crippen molar-refractivity contribution in [3.8, 4) is 0 Å². The molecule has 4 nitrogen and oxygen atoms in total. The van der Waals surface area contributed by atoms with Gasteiger partial charge in [0.15, 0.2) is 5.60 Å². The molecular weight excluding hydrogens is 348 g/mol. The van der Waals surface area contributed by atoms with Crippen molar-refractivity contribution in [2.24, 2.45) is 0 Å². The van der Waals surface area contributed by atoms with Gasteiger partial charge in [0, 0.05) is 11.3 Å². The van der Waals surface area contributed by atoms with Crippen molar-refractivity contribution in [3.05, 3.63) is 71.3 Å². The summed E-state index contributed by atoms with van der Waals surface area (Å²) in [6.45, 7) is 3.92. The lowest BCUT2D eigenvalue weighted by Crippen LogP contribution is -2.35. The zero-order valence-corrected chi connectivity index (χ0v) is 15.7. The summed E-state index contributed by atoms with van der Waals surface area (Å²) >= 11 is -2.13. The van der Waals surface area contributed by atoms with E-state index < -0.39 is 16.7 Å². The lowest BCUT2D eigenvalue weighted by molar-refractivity contribution is -0.128. The minimum atomic E-state index is -2.13. The Bertz CT molecular complexity index is 849. The van der Waals surface area contributed by atoms with Crippen molar-refractivity contribution >= 4 is 28.2 Å². The van der Waals surface area contributed by atoms with Crippen LogP contribution in [-0.2, 0) is 26.4 Å². The molecule has 0 amide bonds. The van der Waals surface area contributed by atoms with Crippen molar-refractivity contribution in [1.29, 1.82) is 0 Å². The Hall–Kier alpha value is -2.24. The van der Waals surface area contributed by atoms with E-state index in [1.807, 2.05) is 56.3 Å². The van der Waals surface area contributed by atoms with Crippen LogP contribution in [0.1, 0.15) is 43.4 Å². The van der Waals surface area contributed by atoms with E-state index in [2.05, 4.69) is 0 Å². The molecule has 0 aliphatic carbocycles. The minimum absolute atomic E-state index is 0.00781. The number of carbonyl (C=O) groups is 1. The van der Waals surface area contributed by atoms with Gasteiger partial charge >= 0.3 is 0 Å². The van der Waals surface area contributed by atoms with Gasteiger partial charge in [0.2, 0.25) is 5.78 Å². The van der Waals surface area contributed by atoms with Crippen molar-refractivity contribution in [1.82, 2.24) is 0 Å². The average molecular weight is 369 g/mol. The topological polar surface area (TPSA) is 66.4 Å². The van der Waals surface area contributed by atoms with E-state index in [1.165, 1.54) is 0 Å². The number of rotatable bonds is 6. The van der Waals surface area contributed by atoms with Gasteiger partial charge in [-0.15, -0.1) is 0 Å². The molecule has 2 aromatic rings. The first kappa shape index (κ1) is 18.5. The predicted octanol–water partition coefficient (Wildman–Crippen LogP) is 4.09. The molecule has 0 saturated carbocycles. The number of ketones is 1. The van der Waals surface area contributed by atoms with Gasteiger partial charge in [0.1, 0.15) is 5.76 Å². The molecular formula is C21H21O4S-. The Morgan fingerprint density at radius 1 is 0.962 bits per heavy atom. The summed E-state index contributed by atoms with van der Waals surface area (Å²) in [4.78, 5) is 13.2. The van der Waals surface area contributed by atoms with Gasteiger partial charge in [-0.05, 0) is 24.0 Å². The average Bonchev–Trinajstić information content (AvgIpc) is 2.95. The van der Waals surface area contributed by atoms with Crippen LogP contribution in [0.5, 0.6) is 0 Å². The van der Waals surface area contributed by atoms with E-state index in [4.69, 9.17) is 4.74 Å². The summed E-state index contributed by atoms with van der Waals surface area (Å²) in [7, 11) is 0. The first-order chi connectivity index (χ1) is 12.5. The smallest absolute Gasteiger partial charge is 0.210 e. The summed E-state index contributed by atoms with van der Waals surface area (Å²) in [5.74, 6) is 0.548. The lowest BCUT2D eigenvalue weighted by Gasteiger charge is -2.25. The van der Waals surface area contributed by atoms with Gasteiger partial charge in [-0.25, -0.2) is 0 Å². The third kappa shape index (κ3) is 3.37. The van der Waals surface area contributed by atoms with Crippen LogP contribution in [0.2, 0.25) is 0 Å². The summed E-state index contributed by atoms with van der Waals surface area (Å²) in [6, 6.07) is 16.7. The maximum absolute atomic E-state index is 13.2. The Morgan fingerprint density at radius 3 is 2.12 bits per heavy atom. The first-order valence-electron chi connectivity index (χ1n) is 8.69. The Morgan fingerprint density at radius 2 is 1.58 bits per heavy atom. The van der Waals surface area contributed by atoms with E-state index in [-0.39, 0.29) is 11.5 Å². The van der Waals surface area contributed by atoms with Crippen LogP contribution >= 0.6 is 0 Å². The standard InChI is InChI=1S/C21H22O4S/c1-3-21(4-2)20(22)18(16-8-6-5-7-9-16)19(25-21)17-12-10-15(11-13-17)14-26(23)24/h5-13H,3-4,14H2,1-2H3,(H,23,24)/p-1. The second kappa shape index (κ2) is 7.56. The molecule has 5 heteroatoms. The summed E-state index contributed by atoms with van der Waals surface area (Å²) < 4.78 is 28.0. The Kier molecular flexibility index (Phi) is 5.39. The van der Waals surface area contributed by atoms with E-state index in [0.29, 0.717) is 29.7 Å². The predicted molar refractivity (Wildman–Crippen MR) is 102 cm³/mol. The molecule has 1 aliphatic heterocycles. The molecule has 0 radical (unpaired) electrons. The summed E-state index contributed by atoms with van der Waals surface area (Å²) in [5, 5.41) is 0. The molecule has 0 fully saturated rings. The van der Waals surface area contributed by atoms with E-state index in [9.17, 15) is 13.6 Å². The zero-order valence-electron chi connectivity index (χ0n) is 14.9. The fourth-order valence-electron chi connectivity index (χ4n) is 3.30. The van der Waals surface area contributed by atoms with Gasteiger partial charge < -0.3 is 9.29 Å². The zero-order chi connectivity index (χ0) is 18.7. The van der Waals surface area contributed by atoms with E-state index >= 15 is 0 Å². The maximum atomic E-state index is 13.2. The summed E-state index contributed by atoms with van der Waals surface area (Å²) in [6.07, 6.45) is 1.19. The molecule has 0 aromatic heterocycles. The molecule has 2 aromatic carbocycles. The third-order valence-corrected chi connectivity index (χ3v) is 5.44. The van der Waals surface area contributed by atoms with Crippen molar-refractivity contribution in [3.63, 3.8) is 0 Å². The first-order valence-corrected chi connectivity index (χ1v) is 9.94. The highest BCUT2D eigenvalue weighted by Crippen LogP contribution is 2.44. The fourth-order valence-corrected chi connectivity index (χ4v) is 3.76. The largest absolute Gasteiger partial charge is 0.772 e. The molecule has 0 bridgehead atoms. The number of Topliss-reactive ketones (excluding diaryl/α,β-unsaturated/α-hetero) is 1. The number of ether oxygens (including phenoxy) is 1. The second-order valence-electron chi connectivity index (χ2n) is 6.35. The SMILES string of the molecule is CCC1(CC)OC(c2ccc(CS(=O)[O-])cc2)=C(c2ccccc2)C1=O. The second-order valence-corrected chi connectivity index (χ2v) is 7.24. The number of benzene rings is 2. The van der Waals surface area contributed by atoms with Crippen LogP contribution < -0.4 is 0 Å². The molecule has 0 spiro atoms. The normalized spacial score (nSPS) is 17.3. The van der Waals surface area contributed by atoms with Crippen LogP contribution in [0, 0.1) is 0 Å². The van der Waals surface area contributed by atoms with Gasteiger partial charge in [0.25, 0.3) is 0 Å². The molecule has 1 atom stereocenters. The van der Waals surface area contributed by atoms with Crippen LogP contribution in [0.4, 0.5) is 0 Å². The molecule has 1 unspecified atom stereocenters. The number of hydrogen-bond donors (Lipinski definition) is 0. The lowest BCUT2D eigenvalue weighted by atomic mass is 9.86. The van der Waals surface area contributed by atoms with E-state index in [1.54, 1.807) is 12.1 Å². The third-order valence-electron chi connectivity index (χ3n) is 4.87. The highest BCUT2D eigenvalue weighted by Gasteiger charge is 2.47. The number of hydrogen-bond acceptors (Lipinski definition) is 4. The van der Waals surface area contributed by atoms with Gasteiger partial charge in [-0.2, -0.15) is 0 Å². The van der Waals surface area contributed by atoms with Gasteiger partial charge in [0.05, 0.1) is 5.57 Å². The van der Waals surface area contributed by atoms with Crippen LogP contribution in [0.15, 0.2) is 54.6 Å². The van der Waals surface area contributed by atoms with Crippen molar-refractivity contribution in [2.75, 3.05) is 0 Å². The van der Waals surface area contributed by atoms with E-state index in [0.717, 1.165) is 11.1 Å². The van der Waals surface area contributed by atoms with Gasteiger partial charge in [-0.1, -0.05) is 79.5 Å². The Balaban J connectivity index is 2.09. The highest BCUT2D eigenvalue weighted by molar-refractivity contribution is 7.78. The molecule has 1 aliphatic rings. The minimum Gasteiger partial charge on any atom is -0.772 e. The van der Waals surface area contributed by atoms with Crippen molar-refractivity contribution in [2.45, 2.75) is 38.0 Å². The van der Waals surface area contributed by atoms with Crippen LogP contribution in [-0.4, -0.2) is 20.1 Å². The quantitative estimate of drug-likeness (QED) is 0.719. The van der Waals surface area contributed by atoms with Crippen molar-refractivity contribution < 1.29 is 18.3 Å². The molecule has 1 heterocycles. The molecule has 0 N–H and O–H groups in total. The van der Waals surface area contributed by atoms with Crippen LogP contribution in [0.3, 0.4) is 0 Å².